The summed E-state index contributed by atoms with van der Waals surface area (Å²) in [5, 5.41) is 0. The van der Waals surface area contributed by atoms with Crippen LogP contribution in [0.1, 0.15) is 24.2 Å². The summed E-state index contributed by atoms with van der Waals surface area (Å²) in [4.78, 5) is 14.5. The van der Waals surface area contributed by atoms with Gasteiger partial charge in [-0.05, 0) is 12.1 Å². The molecule has 0 aliphatic carbocycles. The number of benzene rings is 1. The monoisotopic (exact) mass is 193 g/mol. The van der Waals surface area contributed by atoms with Gasteiger partial charge in [-0.15, -0.1) is 0 Å². The molecule has 76 valence electrons. The molecule has 1 amide bonds. The number of aliphatic imine (C=N–C) groups is 1. The standard InChI is InChI=1S/C8H9N3O.C2H6/c9-8(10)11-7(12)6-4-2-1-3-5-6;1-2/h1-5H,(H4,9,10,11,12);1-2H3. The van der Waals surface area contributed by atoms with E-state index in [-0.39, 0.29) is 5.96 Å². The summed E-state index contributed by atoms with van der Waals surface area (Å²) in [5.41, 5.74) is 10.6. The summed E-state index contributed by atoms with van der Waals surface area (Å²) in [6.45, 7) is 4.00. The third-order valence-electron chi connectivity index (χ3n) is 1.25. The Morgan fingerprint density at radius 3 is 2.07 bits per heavy atom. The normalized spacial score (nSPS) is 8.14. The van der Waals surface area contributed by atoms with Gasteiger partial charge < -0.3 is 11.5 Å². The van der Waals surface area contributed by atoms with E-state index in [9.17, 15) is 4.79 Å². The fraction of sp³-hybridized carbons (Fsp3) is 0.200. The largest absolute Gasteiger partial charge is 0.370 e. The average molecular weight is 193 g/mol. The molecular weight excluding hydrogens is 178 g/mol. The third-order valence-corrected chi connectivity index (χ3v) is 1.25. The van der Waals surface area contributed by atoms with E-state index in [0.717, 1.165) is 0 Å². The highest BCUT2D eigenvalue weighted by Crippen LogP contribution is 1.99. The van der Waals surface area contributed by atoms with E-state index < -0.39 is 5.91 Å². The molecule has 1 rings (SSSR count). The topological polar surface area (TPSA) is 81.5 Å². The number of hydrogen-bond acceptors (Lipinski definition) is 1. The smallest absolute Gasteiger partial charge is 0.280 e. The van der Waals surface area contributed by atoms with Crippen molar-refractivity contribution in [2.24, 2.45) is 16.5 Å². The number of carbonyl (C=O) groups excluding carboxylic acids is 1. The molecule has 0 fully saturated rings. The molecule has 4 N–H and O–H groups in total. The van der Waals surface area contributed by atoms with Crippen LogP contribution in [-0.2, 0) is 0 Å². The molecule has 4 nitrogen and oxygen atoms in total. The summed E-state index contributed by atoms with van der Waals surface area (Å²) in [6.07, 6.45) is 0. The Morgan fingerprint density at radius 2 is 1.64 bits per heavy atom. The van der Waals surface area contributed by atoms with Crippen LogP contribution in [0.15, 0.2) is 35.3 Å². The van der Waals surface area contributed by atoms with Crippen molar-refractivity contribution in [1.82, 2.24) is 0 Å². The maximum absolute atomic E-state index is 11.1. The summed E-state index contributed by atoms with van der Waals surface area (Å²) in [6, 6.07) is 8.60. The Kier molecular flexibility index (Phi) is 5.78. The molecule has 0 radical (unpaired) electrons. The second-order valence-corrected chi connectivity index (χ2v) is 2.21. The van der Waals surface area contributed by atoms with E-state index in [0.29, 0.717) is 5.56 Å². The summed E-state index contributed by atoms with van der Waals surface area (Å²) in [7, 11) is 0. The van der Waals surface area contributed by atoms with Crippen molar-refractivity contribution in [2.45, 2.75) is 13.8 Å². The molecule has 0 aliphatic rings. The SMILES string of the molecule is CC.NC(N)=NC(=O)c1ccccc1. The lowest BCUT2D eigenvalue weighted by Gasteiger charge is -1.93. The Morgan fingerprint density at radius 1 is 1.14 bits per heavy atom. The predicted octanol–water partition coefficient (Wildman–Crippen LogP) is 1.13. The van der Waals surface area contributed by atoms with Crippen molar-refractivity contribution < 1.29 is 4.79 Å². The van der Waals surface area contributed by atoms with Crippen molar-refractivity contribution in [1.29, 1.82) is 0 Å². The van der Waals surface area contributed by atoms with Crippen LogP contribution in [0.2, 0.25) is 0 Å². The van der Waals surface area contributed by atoms with Gasteiger partial charge in [0.25, 0.3) is 5.91 Å². The highest BCUT2D eigenvalue weighted by atomic mass is 16.1. The first-order valence-electron chi connectivity index (χ1n) is 4.39. The molecule has 1 aromatic rings. The lowest BCUT2D eigenvalue weighted by atomic mass is 10.2. The predicted molar refractivity (Wildman–Crippen MR) is 57.9 cm³/mol. The minimum absolute atomic E-state index is 0.219. The molecule has 0 aromatic heterocycles. The van der Waals surface area contributed by atoms with Crippen LogP contribution >= 0.6 is 0 Å². The summed E-state index contributed by atoms with van der Waals surface area (Å²) < 4.78 is 0. The molecule has 0 heterocycles. The van der Waals surface area contributed by atoms with E-state index in [4.69, 9.17) is 11.5 Å². The van der Waals surface area contributed by atoms with Gasteiger partial charge in [-0.2, -0.15) is 4.99 Å². The molecule has 14 heavy (non-hydrogen) atoms. The van der Waals surface area contributed by atoms with E-state index in [1.54, 1.807) is 24.3 Å². The van der Waals surface area contributed by atoms with E-state index in [1.165, 1.54) is 0 Å². The van der Waals surface area contributed by atoms with Gasteiger partial charge in [0, 0.05) is 5.56 Å². The number of amides is 1. The van der Waals surface area contributed by atoms with Crippen molar-refractivity contribution in [2.75, 3.05) is 0 Å². The first-order chi connectivity index (χ1) is 6.70. The fourth-order valence-electron chi connectivity index (χ4n) is 0.763. The summed E-state index contributed by atoms with van der Waals surface area (Å²) in [5.74, 6) is -0.639. The molecule has 0 spiro atoms. The van der Waals surface area contributed by atoms with Crippen LogP contribution in [0.25, 0.3) is 0 Å². The number of guanidine groups is 1. The first kappa shape index (κ1) is 12.2. The number of nitrogens with two attached hydrogens (primary N) is 2. The first-order valence-corrected chi connectivity index (χ1v) is 4.39. The van der Waals surface area contributed by atoms with Gasteiger partial charge in [0.1, 0.15) is 0 Å². The number of rotatable bonds is 1. The number of nitrogens with zero attached hydrogens (tertiary/aromatic N) is 1. The zero-order valence-corrected chi connectivity index (χ0v) is 8.40. The molecular formula is C10H15N3O. The Bertz CT molecular complexity index is 302. The Labute approximate surface area is 83.6 Å². The molecule has 0 saturated carbocycles. The van der Waals surface area contributed by atoms with Crippen LogP contribution in [-0.4, -0.2) is 11.9 Å². The van der Waals surface area contributed by atoms with Gasteiger partial charge in [0.15, 0.2) is 5.96 Å². The van der Waals surface area contributed by atoms with Crippen molar-refractivity contribution in [3.8, 4) is 0 Å². The van der Waals surface area contributed by atoms with Gasteiger partial charge in [0.2, 0.25) is 0 Å². The minimum Gasteiger partial charge on any atom is -0.370 e. The molecule has 4 heteroatoms. The fourth-order valence-corrected chi connectivity index (χ4v) is 0.763. The molecule has 0 atom stereocenters. The van der Waals surface area contributed by atoms with Crippen LogP contribution in [0, 0.1) is 0 Å². The van der Waals surface area contributed by atoms with Crippen LogP contribution in [0.3, 0.4) is 0 Å². The van der Waals surface area contributed by atoms with Gasteiger partial charge in [-0.3, -0.25) is 4.79 Å². The maximum Gasteiger partial charge on any atom is 0.280 e. The highest BCUT2D eigenvalue weighted by Gasteiger charge is 2.01. The number of carbonyl (C=O) groups is 1. The van der Waals surface area contributed by atoms with Crippen LogP contribution in [0.5, 0.6) is 0 Å². The van der Waals surface area contributed by atoms with Gasteiger partial charge in [-0.1, -0.05) is 32.0 Å². The van der Waals surface area contributed by atoms with Crippen LogP contribution < -0.4 is 11.5 Å². The highest BCUT2D eigenvalue weighted by molar-refractivity contribution is 6.01. The molecule has 0 saturated heterocycles. The second-order valence-electron chi connectivity index (χ2n) is 2.21. The lowest BCUT2D eigenvalue weighted by molar-refractivity contribution is 0.100. The quantitative estimate of drug-likeness (QED) is 0.518. The Balaban J connectivity index is 0.000000791. The maximum atomic E-state index is 11.1. The summed E-state index contributed by atoms with van der Waals surface area (Å²) >= 11 is 0. The average Bonchev–Trinajstić information content (AvgIpc) is 2.21. The molecule has 0 aliphatic heterocycles. The molecule has 1 aromatic carbocycles. The molecule has 0 bridgehead atoms. The van der Waals surface area contributed by atoms with Crippen molar-refractivity contribution in [3.63, 3.8) is 0 Å². The van der Waals surface area contributed by atoms with E-state index in [1.807, 2.05) is 19.9 Å². The van der Waals surface area contributed by atoms with Gasteiger partial charge in [0.05, 0.1) is 0 Å². The molecule has 0 unspecified atom stereocenters. The number of hydrogen-bond donors (Lipinski definition) is 2. The van der Waals surface area contributed by atoms with Crippen LogP contribution in [0.4, 0.5) is 0 Å². The zero-order valence-electron chi connectivity index (χ0n) is 8.40. The lowest BCUT2D eigenvalue weighted by Crippen LogP contribution is -2.24. The van der Waals surface area contributed by atoms with Gasteiger partial charge >= 0.3 is 0 Å². The Hall–Kier alpha value is -1.84. The van der Waals surface area contributed by atoms with E-state index in [2.05, 4.69) is 4.99 Å². The van der Waals surface area contributed by atoms with Gasteiger partial charge in [-0.25, -0.2) is 0 Å². The van der Waals surface area contributed by atoms with Crippen molar-refractivity contribution in [3.05, 3.63) is 35.9 Å². The van der Waals surface area contributed by atoms with E-state index >= 15 is 0 Å². The van der Waals surface area contributed by atoms with Crippen molar-refractivity contribution >= 4 is 11.9 Å². The minimum atomic E-state index is -0.421. The zero-order chi connectivity index (χ0) is 11.0. The second kappa shape index (κ2) is 6.65. The third kappa shape index (κ3) is 4.25.